The molecule has 1 saturated heterocycles. The molecule has 4 heteroatoms. The number of likely N-dealkylation sites (tertiary alicyclic amines) is 1. The van der Waals surface area contributed by atoms with Crippen molar-refractivity contribution in [2.45, 2.75) is 45.3 Å². The lowest BCUT2D eigenvalue weighted by Crippen LogP contribution is -2.52. The number of hydrogen-bond acceptors (Lipinski definition) is 2. The normalized spacial score (nSPS) is 23.7. The highest BCUT2D eigenvalue weighted by Crippen LogP contribution is 2.17. The van der Waals surface area contributed by atoms with E-state index in [1.54, 1.807) is 4.90 Å². The van der Waals surface area contributed by atoms with Crippen LogP contribution in [0.3, 0.4) is 0 Å². The predicted molar refractivity (Wildman–Crippen MR) is 84.1 cm³/mol. The number of nitrogens with one attached hydrogen (secondary N) is 1. The molecule has 0 aromatic heterocycles. The van der Waals surface area contributed by atoms with Crippen LogP contribution in [0.4, 0.5) is 4.79 Å². The molecule has 1 aromatic rings. The van der Waals surface area contributed by atoms with E-state index in [0.29, 0.717) is 6.54 Å². The van der Waals surface area contributed by atoms with Crippen LogP contribution >= 0.6 is 0 Å². The molecule has 0 saturated carbocycles. The molecule has 21 heavy (non-hydrogen) atoms. The van der Waals surface area contributed by atoms with E-state index < -0.39 is 6.10 Å². The number of piperidine rings is 1. The summed E-state index contributed by atoms with van der Waals surface area (Å²) in [6.07, 6.45) is 2.20. The SMILES string of the molecule is CCC(Cc1ccccc1)NC(=O)N1CCC(C)C(O)C1. The van der Waals surface area contributed by atoms with E-state index in [2.05, 4.69) is 24.4 Å². The Labute approximate surface area is 127 Å². The van der Waals surface area contributed by atoms with Gasteiger partial charge in [0, 0.05) is 19.1 Å². The number of aliphatic hydroxyl groups is 1. The molecule has 0 aliphatic carbocycles. The highest BCUT2D eigenvalue weighted by molar-refractivity contribution is 5.74. The maximum absolute atomic E-state index is 12.3. The Kier molecular flexibility index (Phi) is 5.62. The zero-order valence-corrected chi connectivity index (χ0v) is 13.0. The van der Waals surface area contributed by atoms with Crippen LogP contribution in [-0.2, 0) is 6.42 Å². The first kappa shape index (κ1) is 15.8. The number of β-amino-alcohol motifs (C(OH)–C–C–N with tert-alkyl or cyclic N) is 1. The van der Waals surface area contributed by atoms with Crippen molar-refractivity contribution >= 4 is 6.03 Å². The maximum Gasteiger partial charge on any atom is 0.317 e. The summed E-state index contributed by atoms with van der Waals surface area (Å²) < 4.78 is 0. The smallest absolute Gasteiger partial charge is 0.317 e. The number of amides is 2. The van der Waals surface area contributed by atoms with E-state index >= 15 is 0 Å². The van der Waals surface area contributed by atoms with Gasteiger partial charge in [-0.05, 0) is 30.7 Å². The number of urea groups is 1. The van der Waals surface area contributed by atoms with Crippen LogP contribution in [0.1, 0.15) is 32.3 Å². The van der Waals surface area contributed by atoms with Crippen LogP contribution in [0.25, 0.3) is 0 Å². The molecular formula is C17H26N2O2. The minimum absolute atomic E-state index is 0.0521. The minimum Gasteiger partial charge on any atom is -0.391 e. The monoisotopic (exact) mass is 290 g/mol. The summed E-state index contributed by atoms with van der Waals surface area (Å²) in [5.74, 6) is 0.278. The molecule has 1 aliphatic heterocycles. The van der Waals surface area contributed by atoms with Crippen LogP contribution in [-0.4, -0.2) is 41.3 Å². The third-order valence-electron chi connectivity index (χ3n) is 4.35. The predicted octanol–water partition coefficient (Wildman–Crippen LogP) is 2.42. The number of benzene rings is 1. The number of aliphatic hydroxyl groups excluding tert-OH is 1. The van der Waals surface area contributed by atoms with E-state index in [0.717, 1.165) is 25.8 Å². The van der Waals surface area contributed by atoms with Gasteiger partial charge in [0.15, 0.2) is 0 Å². The summed E-state index contributed by atoms with van der Waals surface area (Å²) in [6.45, 7) is 5.28. The highest BCUT2D eigenvalue weighted by Gasteiger charge is 2.28. The van der Waals surface area contributed by atoms with Crippen molar-refractivity contribution in [1.82, 2.24) is 10.2 Å². The van der Waals surface area contributed by atoms with E-state index in [4.69, 9.17) is 0 Å². The third-order valence-corrected chi connectivity index (χ3v) is 4.35. The Morgan fingerprint density at radius 1 is 1.43 bits per heavy atom. The zero-order valence-electron chi connectivity index (χ0n) is 13.0. The topological polar surface area (TPSA) is 52.6 Å². The molecular weight excluding hydrogens is 264 g/mol. The molecule has 2 rings (SSSR count). The van der Waals surface area contributed by atoms with Gasteiger partial charge in [0.25, 0.3) is 0 Å². The Morgan fingerprint density at radius 2 is 2.14 bits per heavy atom. The fourth-order valence-corrected chi connectivity index (χ4v) is 2.70. The molecule has 3 unspecified atom stereocenters. The van der Waals surface area contributed by atoms with Gasteiger partial charge in [-0.1, -0.05) is 44.2 Å². The number of carbonyl (C=O) groups excluding carboxylic acids is 1. The van der Waals surface area contributed by atoms with Crippen LogP contribution < -0.4 is 5.32 Å². The van der Waals surface area contributed by atoms with Crippen molar-refractivity contribution in [2.24, 2.45) is 5.92 Å². The minimum atomic E-state index is -0.404. The second-order valence-corrected chi connectivity index (χ2v) is 6.02. The molecule has 0 bridgehead atoms. The molecule has 116 valence electrons. The van der Waals surface area contributed by atoms with Crippen LogP contribution in [0, 0.1) is 5.92 Å². The van der Waals surface area contributed by atoms with Gasteiger partial charge >= 0.3 is 6.03 Å². The van der Waals surface area contributed by atoms with E-state index in [1.807, 2.05) is 25.1 Å². The van der Waals surface area contributed by atoms with E-state index in [9.17, 15) is 9.90 Å². The lowest BCUT2D eigenvalue weighted by molar-refractivity contribution is 0.0429. The lowest BCUT2D eigenvalue weighted by Gasteiger charge is -2.35. The number of rotatable bonds is 4. The first-order chi connectivity index (χ1) is 10.1. The van der Waals surface area contributed by atoms with E-state index in [1.165, 1.54) is 5.56 Å². The molecule has 1 aliphatic rings. The molecule has 3 atom stereocenters. The summed E-state index contributed by atoms with van der Waals surface area (Å²) in [4.78, 5) is 14.0. The molecule has 2 N–H and O–H groups in total. The van der Waals surface area contributed by atoms with Crippen molar-refractivity contribution < 1.29 is 9.90 Å². The zero-order chi connectivity index (χ0) is 15.2. The number of nitrogens with zero attached hydrogens (tertiary/aromatic N) is 1. The summed E-state index contributed by atoms with van der Waals surface area (Å²) in [5.41, 5.74) is 1.23. The first-order valence-electron chi connectivity index (χ1n) is 7.87. The standard InChI is InChI=1S/C17H26N2O2/c1-3-15(11-14-7-5-4-6-8-14)18-17(21)19-10-9-13(2)16(20)12-19/h4-8,13,15-16,20H,3,9-12H2,1-2H3,(H,18,21). The van der Waals surface area contributed by atoms with Gasteiger partial charge < -0.3 is 15.3 Å². The summed E-state index contributed by atoms with van der Waals surface area (Å²) in [5, 5.41) is 13.0. The Morgan fingerprint density at radius 3 is 2.76 bits per heavy atom. The molecule has 0 spiro atoms. The average Bonchev–Trinajstić information content (AvgIpc) is 2.50. The fraction of sp³-hybridized carbons (Fsp3) is 0.588. The lowest BCUT2D eigenvalue weighted by atomic mass is 9.96. The Balaban J connectivity index is 1.88. The van der Waals surface area contributed by atoms with Gasteiger partial charge in [-0.2, -0.15) is 0 Å². The van der Waals surface area contributed by atoms with Crippen molar-refractivity contribution in [3.63, 3.8) is 0 Å². The van der Waals surface area contributed by atoms with Crippen molar-refractivity contribution in [2.75, 3.05) is 13.1 Å². The van der Waals surface area contributed by atoms with Gasteiger partial charge in [-0.25, -0.2) is 4.79 Å². The molecule has 2 amide bonds. The summed E-state index contributed by atoms with van der Waals surface area (Å²) in [7, 11) is 0. The van der Waals surface area contributed by atoms with Crippen LogP contribution in [0.5, 0.6) is 0 Å². The summed E-state index contributed by atoms with van der Waals surface area (Å²) in [6, 6.07) is 10.3. The second kappa shape index (κ2) is 7.46. The molecule has 1 heterocycles. The highest BCUT2D eigenvalue weighted by atomic mass is 16.3. The molecule has 4 nitrogen and oxygen atoms in total. The van der Waals surface area contributed by atoms with Gasteiger partial charge in [-0.15, -0.1) is 0 Å². The average molecular weight is 290 g/mol. The molecule has 1 aromatic carbocycles. The van der Waals surface area contributed by atoms with Gasteiger partial charge in [0.05, 0.1) is 6.10 Å². The first-order valence-corrected chi connectivity index (χ1v) is 7.87. The summed E-state index contributed by atoms with van der Waals surface area (Å²) >= 11 is 0. The maximum atomic E-state index is 12.3. The fourth-order valence-electron chi connectivity index (χ4n) is 2.70. The van der Waals surface area contributed by atoms with E-state index in [-0.39, 0.29) is 18.0 Å². The van der Waals surface area contributed by atoms with Crippen molar-refractivity contribution in [3.8, 4) is 0 Å². The second-order valence-electron chi connectivity index (χ2n) is 6.02. The largest absolute Gasteiger partial charge is 0.391 e. The number of carbonyl (C=O) groups is 1. The van der Waals surface area contributed by atoms with Crippen LogP contribution in [0.2, 0.25) is 0 Å². The third kappa shape index (κ3) is 4.46. The Bertz CT molecular complexity index is 449. The van der Waals surface area contributed by atoms with Gasteiger partial charge in [-0.3, -0.25) is 0 Å². The molecule has 1 fully saturated rings. The van der Waals surface area contributed by atoms with Crippen molar-refractivity contribution in [1.29, 1.82) is 0 Å². The number of hydrogen-bond donors (Lipinski definition) is 2. The quantitative estimate of drug-likeness (QED) is 0.895. The van der Waals surface area contributed by atoms with Crippen LogP contribution in [0.15, 0.2) is 30.3 Å². The Hall–Kier alpha value is -1.55. The van der Waals surface area contributed by atoms with Crippen molar-refractivity contribution in [3.05, 3.63) is 35.9 Å². The van der Waals surface area contributed by atoms with Gasteiger partial charge in [0.1, 0.15) is 0 Å². The molecule has 0 radical (unpaired) electrons. The van der Waals surface area contributed by atoms with Gasteiger partial charge in [0.2, 0.25) is 0 Å².